The smallest absolute Gasteiger partial charge is 0.240 e. The second-order valence-electron chi connectivity index (χ2n) is 5.17. The molecule has 1 amide bonds. The minimum atomic E-state index is -3.52. The second-order valence-corrected chi connectivity index (χ2v) is 6.94. The van der Waals surface area contributed by atoms with Crippen LogP contribution in [-0.4, -0.2) is 34.0 Å². The molecule has 1 aromatic rings. The summed E-state index contributed by atoms with van der Waals surface area (Å²) in [6, 6.07) is 4.93. The molecule has 1 aromatic carbocycles. The van der Waals surface area contributed by atoms with Crippen LogP contribution in [0, 0.1) is 5.92 Å². The van der Waals surface area contributed by atoms with E-state index in [1.165, 1.54) is 0 Å². The predicted octanol–water partition coefficient (Wildman–Crippen LogP) is 0.891. The number of sulfonamides is 1. The van der Waals surface area contributed by atoms with Crippen molar-refractivity contribution in [3.8, 4) is 0 Å². The Balaban J connectivity index is 0.00000242. The van der Waals surface area contributed by atoms with Gasteiger partial charge in [-0.2, -0.15) is 0 Å². The lowest BCUT2D eigenvalue weighted by Gasteiger charge is -2.21. The fourth-order valence-corrected chi connectivity index (χ4v) is 3.46. The third-order valence-corrected chi connectivity index (χ3v) is 5.18. The van der Waals surface area contributed by atoms with Gasteiger partial charge in [0.05, 0.1) is 4.90 Å². The van der Waals surface area contributed by atoms with Crippen molar-refractivity contribution in [3.05, 3.63) is 23.8 Å². The van der Waals surface area contributed by atoms with E-state index in [9.17, 15) is 13.2 Å². The number of rotatable bonds is 5. The first-order valence-electron chi connectivity index (χ1n) is 7.04. The highest BCUT2D eigenvalue weighted by Gasteiger charge is 2.28. The van der Waals surface area contributed by atoms with Crippen molar-refractivity contribution in [2.45, 2.75) is 25.2 Å². The number of benzene rings is 1. The van der Waals surface area contributed by atoms with Crippen molar-refractivity contribution < 1.29 is 13.2 Å². The maximum Gasteiger partial charge on any atom is 0.240 e. The van der Waals surface area contributed by atoms with Crippen LogP contribution in [0.25, 0.3) is 0 Å². The number of hydrogen-bond acceptors (Lipinski definition) is 4. The summed E-state index contributed by atoms with van der Waals surface area (Å²) in [7, 11) is -3.52. The van der Waals surface area contributed by atoms with Crippen LogP contribution in [0.2, 0.25) is 0 Å². The molecule has 0 saturated heterocycles. The number of nitrogens with two attached hydrogens (primary N) is 1. The zero-order valence-corrected chi connectivity index (χ0v) is 14.3. The average Bonchev–Trinajstić information content (AvgIpc) is 2.88. The van der Waals surface area contributed by atoms with Crippen LogP contribution < -0.4 is 15.4 Å². The molecule has 0 bridgehead atoms. The molecule has 1 atom stereocenters. The molecule has 0 aromatic heterocycles. The molecule has 0 radical (unpaired) electrons. The van der Waals surface area contributed by atoms with Gasteiger partial charge >= 0.3 is 0 Å². The molecular formula is C14H22ClN3O3S. The Hall–Kier alpha value is -1.15. The van der Waals surface area contributed by atoms with Gasteiger partial charge in [0.15, 0.2) is 0 Å². The number of carbonyl (C=O) groups excluding carboxylic acids is 1. The summed E-state index contributed by atoms with van der Waals surface area (Å²) in [5.41, 5.74) is 7.21. The highest BCUT2D eigenvalue weighted by atomic mass is 35.5. The van der Waals surface area contributed by atoms with Crippen LogP contribution in [0.1, 0.15) is 19.4 Å². The Morgan fingerprint density at radius 1 is 1.45 bits per heavy atom. The van der Waals surface area contributed by atoms with E-state index >= 15 is 0 Å². The first kappa shape index (κ1) is 18.9. The molecule has 0 saturated carbocycles. The van der Waals surface area contributed by atoms with Crippen molar-refractivity contribution in [3.63, 3.8) is 0 Å². The summed E-state index contributed by atoms with van der Waals surface area (Å²) in [6.07, 6.45) is 0.736. The molecule has 1 aliphatic rings. The molecule has 1 heterocycles. The Morgan fingerprint density at radius 2 is 2.14 bits per heavy atom. The number of halogens is 1. The van der Waals surface area contributed by atoms with Gasteiger partial charge in [0.2, 0.25) is 15.9 Å². The van der Waals surface area contributed by atoms with E-state index in [1.807, 2.05) is 0 Å². The SMILES string of the molecule is CCNS(=O)(=O)c1ccc2c(c1)N(C(=O)C(C)CN)CC2.Cl. The molecular weight excluding hydrogens is 326 g/mol. The molecule has 124 valence electrons. The summed E-state index contributed by atoms with van der Waals surface area (Å²) in [5.74, 6) is -0.334. The number of carbonyl (C=O) groups is 1. The largest absolute Gasteiger partial charge is 0.330 e. The van der Waals surface area contributed by atoms with Gasteiger partial charge in [-0.1, -0.05) is 19.9 Å². The topological polar surface area (TPSA) is 92.5 Å². The van der Waals surface area contributed by atoms with Crippen LogP contribution in [0.5, 0.6) is 0 Å². The van der Waals surface area contributed by atoms with Crippen molar-refractivity contribution in [1.82, 2.24) is 4.72 Å². The zero-order chi connectivity index (χ0) is 15.6. The van der Waals surface area contributed by atoms with Crippen molar-refractivity contribution in [1.29, 1.82) is 0 Å². The molecule has 2 rings (SSSR count). The van der Waals surface area contributed by atoms with Gasteiger partial charge in [0.1, 0.15) is 0 Å². The Labute approximate surface area is 137 Å². The maximum absolute atomic E-state index is 12.3. The molecule has 1 aliphatic heterocycles. The number of nitrogens with zero attached hydrogens (tertiary/aromatic N) is 1. The van der Waals surface area contributed by atoms with Gasteiger partial charge in [-0.25, -0.2) is 13.1 Å². The van der Waals surface area contributed by atoms with Crippen molar-refractivity contribution in [2.24, 2.45) is 11.7 Å². The number of amides is 1. The summed E-state index contributed by atoms with van der Waals surface area (Å²) in [4.78, 5) is 14.1. The van der Waals surface area contributed by atoms with Gasteiger partial charge in [-0.05, 0) is 24.1 Å². The molecule has 0 aliphatic carbocycles. The van der Waals surface area contributed by atoms with E-state index < -0.39 is 10.0 Å². The van der Waals surface area contributed by atoms with Crippen LogP contribution in [0.15, 0.2) is 23.1 Å². The first-order chi connectivity index (χ1) is 9.90. The van der Waals surface area contributed by atoms with Crippen LogP contribution >= 0.6 is 12.4 Å². The summed E-state index contributed by atoms with van der Waals surface area (Å²) >= 11 is 0. The molecule has 0 fully saturated rings. The minimum absolute atomic E-state index is 0. The highest BCUT2D eigenvalue weighted by Crippen LogP contribution is 2.31. The molecule has 22 heavy (non-hydrogen) atoms. The number of nitrogens with one attached hydrogen (secondary N) is 1. The van der Waals surface area contributed by atoms with Crippen molar-refractivity contribution >= 4 is 34.0 Å². The van der Waals surface area contributed by atoms with Crippen LogP contribution in [-0.2, 0) is 21.2 Å². The Morgan fingerprint density at radius 3 is 2.73 bits per heavy atom. The lowest BCUT2D eigenvalue weighted by atomic mass is 10.1. The van der Waals surface area contributed by atoms with E-state index in [0.717, 1.165) is 12.0 Å². The number of fused-ring (bicyclic) bond motifs is 1. The Bertz CT molecular complexity index is 649. The highest BCUT2D eigenvalue weighted by molar-refractivity contribution is 7.89. The van der Waals surface area contributed by atoms with Gasteiger partial charge in [0.25, 0.3) is 0 Å². The minimum Gasteiger partial charge on any atom is -0.330 e. The lowest BCUT2D eigenvalue weighted by molar-refractivity contribution is -0.121. The molecule has 1 unspecified atom stereocenters. The van der Waals surface area contributed by atoms with E-state index in [2.05, 4.69) is 4.72 Å². The van der Waals surface area contributed by atoms with Crippen LogP contribution in [0.4, 0.5) is 5.69 Å². The van der Waals surface area contributed by atoms with E-state index in [0.29, 0.717) is 18.8 Å². The van der Waals surface area contributed by atoms with E-state index in [-0.39, 0.29) is 35.7 Å². The standard InChI is InChI=1S/C14H21N3O3S.ClH/c1-3-16-21(19,20)12-5-4-11-6-7-17(13(11)8-12)14(18)10(2)9-15;/h4-5,8,10,16H,3,6-7,9,15H2,1-2H3;1H. The third-order valence-electron chi connectivity index (χ3n) is 3.64. The number of anilines is 1. The van der Waals surface area contributed by atoms with Gasteiger partial charge in [-0.3, -0.25) is 4.79 Å². The zero-order valence-electron chi connectivity index (χ0n) is 12.7. The summed E-state index contributed by atoms with van der Waals surface area (Å²) < 4.78 is 26.6. The van der Waals surface area contributed by atoms with Gasteiger partial charge < -0.3 is 10.6 Å². The van der Waals surface area contributed by atoms with E-state index in [4.69, 9.17) is 5.73 Å². The first-order valence-corrected chi connectivity index (χ1v) is 8.53. The Kier molecular flexibility index (Phi) is 6.37. The lowest BCUT2D eigenvalue weighted by Crippen LogP contribution is -2.36. The molecule has 0 spiro atoms. The normalized spacial score (nSPS) is 15.1. The summed E-state index contributed by atoms with van der Waals surface area (Å²) in [6.45, 7) is 4.68. The summed E-state index contributed by atoms with van der Waals surface area (Å²) in [5, 5.41) is 0. The van der Waals surface area contributed by atoms with Crippen molar-refractivity contribution in [2.75, 3.05) is 24.5 Å². The quantitative estimate of drug-likeness (QED) is 0.827. The molecule has 8 heteroatoms. The maximum atomic E-state index is 12.3. The molecule has 6 nitrogen and oxygen atoms in total. The van der Waals surface area contributed by atoms with E-state index in [1.54, 1.807) is 36.9 Å². The fraction of sp³-hybridized carbons (Fsp3) is 0.500. The average molecular weight is 348 g/mol. The fourth-order valence-electron chi connectivity index (χ4n) is 2.40. The predicted molar refractivity (Wildman–Crippen MR) is 88.8 cm³/mol. The van der Waals surface area contributed by atoms with Crippen LogP contribution in [0.3, 0.4) is 0 Å². The third kappa shape index (κ3) is 3.60. The van der Waals surface area contributed by atoms with Gasteiger partial charge in [-0.15, -0.1) is 12.4 Å². The van der Waals surface area contributed by atoms with Gasteiger partial charge in [0, 0.05) is 31.2 Å². The molecule has 3 N–H and O–H groups in total. The number of hydrogen-bond donors (Lipinski definition) is 2. The monoisotopic (exact) mass is 347 g/mol. The second kappa shape index (κ2) is 7.41.